The number of hydrogen-bond donors (Lipinski definition) is 1. The van der Waals surface area contributed by atoms with Crippen molar-refractivity contribution in [2.24, 2.45) is 0 Å². The van der Waals surface area contributed by atoms with Gasteiger partial charge in [-0.15, -0.1) is 0 Å². The minimum atomic E-state index is -0.180. The molecule has 0 radical (unpaired) electrons. The Kier molecular flexibility index (Phi) is 4.77. The lowest BCUT2D eigenvalue weighted by molar-refractivity contribution is 0.260. The van der Waals surface area contributed by atoms with E-state index in [1.54, 1.807) is 0 Å². The van der Waals surface area contributed by atoms with Crippen LogP contribution in [0.4, 0.5) is 5.69 Å². The number of oxazole rings is 1. The van der Waals surface area contributed by atoms with Crippen molar-refractivity contribution in [2.45, 2.75) is 6.23 Å². The lowest BCUT2D eigenvalue weighted by Gasteiger charge is -2.12. The van der Waals surface area contributed by atoms with Crippen LogP contribution in [0.1, 0.15) is 11.8 Å². The molecule has 0 bridgehead atoms. The van der Waals surface area contributed by atoms with Crippen molar-refractivity contribution in [2.75, 3.05) is 5.32 Å². The van der Waals surface area contributed by atoms with Crippen LogP contribution in [0.2, 0.25) is 0 Å². The Hall–Kier alpha value is -4.90. The normalized spacial score (nSPS) is 14.3. The standard InChI is InChI=1S/C31H21N3O2/c1-3-7-28-26(5-1)33-30(35-28)22-13-9-20(10-14-22)24-17-25(19-32-18-24)21-11-15-23(16-12-21)31-34-27-6-2-4-8-29(27)36-31/h1-19,30,33H. The maximum absolute atomic E-state index is 6.04. The van der Waals surface area contributed by atoms with Gasteiger partial charge in [-0.3, -0.25) is 4.98 Å². The summed E-state index contributed by atoms with van der Waals surface area (Å²) in [6.45, 7) is 0. The first-order valence-electron chi connectivity index (χ1n) is 11.8. The van der Waals surface area contributed by atoms with Gasteiger partial charge < -0.3 is 14.5 Å². The van der Waals surface area contributed by atoms with Crippen LogP contribution >= 0.6 is 0 Å². The number of nitrogens with zero attached hydrogens (tertiary/aromatic N) is 2. The molecule has 5 nitrogen and oxygen atoms in total. The highest BCUT2D eigenvalue weighted by Crippen LogP contribution is 2.38. The number of aromatic nitrogens is 2. The highest BCUT2D eigenvalue weighted by atomic mass is 16.5. The maximum atomic E-state index is 6.04. The molecule has 0 saturated heterocycles. The number of para-hydroxylation sites is 4. The molecule has 7 rings (SSSR count). The maximum Gasteiger partial charge on any atom is 0.227 e. The van der Waals surface area contributed by atoms with Gasteiger partial charge in [0.05, 0.1) is 5.69 Å². The summed E-state index contributed by atoms with van der Waals surface area (Å²) in [5.74, 6) is 1.50. The van der Waals surface area contributed by atoms with Gasteiger partial charge in [0.1, 0.15) is 11.3 Å². The molecule has 0 spiro atoms. The molecule has 1 unspecified atom stereocenters. The van der Waals surface area contributed by atoms with E-state index in [0.717, 1.165) is 55.9 Å². The second-order valence-electron chi connectivity index (χ2n) is 8.79. The summed E-state index contributed by atoms with van der Waals surface area (Å²) < 4.78 is 11.9. The van der Waals surface area contributed by atoms with E-state index in [1.807, 2.05) is 73.1 Å². The predicted octanol–water partition coefficient (Wildman–Crippen LogP) is 7.73. The summed E-state index contributed by atoms with van der Waals surface area (Å²) in [4.78, 5) is 9.10. The minimum absolute atomic E-state index is 0.180. The Morgan fingerprint density at radius 3 is 2.06 bits per heavy atom. The van der Waals surface area contributed by atoms with Gasteiger partial charge >= 0.3 is 0 Å². The fourth-order valence-electron chi connectivity index (χ4n) is 4.54. The lowest BCUT2D eigenvalue weighted by atomic mass is 10.00. The first-order valence-corrected chi connectivity index (χ1v) is 11.8. The van der Waals surface area contributed by atoms with Crippen LogP contribution in [-0.4, -0.2) is 9.97 Å². The molecule has 1 atom stereocenters. The number of hydrogen-bond acceptors (Lipinski definition) is 5. The number of pyridine rings is 1. The van der Waals surface area contributed by atoms with Crippen LogP contribution in [0.25, 0.3) is 44.8 Å². The SMILES string of the molecule is c1ccc2c(c1)NC(c1ccc(-c3cncc(-c4ccc(-c5nc6ccccc6o5)cc4)c3)cc1)O2. The second kappa shape index (κ2) is 8.40. The molecule has 172 valence electrons. The van der Waals surface area contributed by atoms with Gasteiger partial charge in [-0.1, -0.05) is 60.7 Å². The Morgan fingerprint density at radius 1 is 0.639 bits per heavy atom. The molecule has 4 aromatic carbocycles. The van der Waals surface area contributed by atoms with Gasteiger partial charge in [0.2, 0.25) is 5.89 Å². The first kappa shape index (κ1) is 20.5. The van der Waals surface area contributed by atoms with Crippen LogP contribution in [0.3, 0.4) is 0 Å². The lowest BCUT2D eigenvalue weighted by Crippen LogP contribution is -2.09. The van der Waals surface area contributed by atoms with E-state index >= 15 is 0 Å². The molecular weight excluding hydrogens is 446 g/mol. The Labute approximate surface area is 208 Å². The van der Waals surface area contributed by atoms with Gasteiger partial charge in [-0.2, -0.15) is 0 Å². The summed E-state index contributed by atoms with van der Waals surface area (Å²) in [6, 6.07) is 34.6. The summed E-state index contributed by atoms with van der Waals surface area (Å²) in [7, 11) is 0. The highest BCUT2D eigenvalue weighted by molar-refractivity contribution is 5.77. The summed E-state index contributed by atoms with van der Waals surface area (Å²) in [6.07, 6.45) is 3.60. The van der Waals surface area contributed by atoms with E-state index in [0.29, 0.717) is 5.89 Å². The van der Waals surface area contributed by atoms with Crippen LogP contribution < -0.4 is 10.1 Å². The Bertz CT molecular complexity index is 1630. The largest absolute Gasteiger partial charge is 0.464 e. The fourth-order valence-corrected chi connectivity index (χ4v) is 4.54. The molecule has 1 aliphatic heterocycles. The first-order chi connectivity index (χ1) is 17.8. The quantitative estimate of drug-likeness (QED) is 0.287. The van der Waals surface area contributed by atoms with Crippen molar-refractivity contribution in [3.8, 4) is 39.5 Å². The van der Waals surface area contributed by atoms with E-state index in [9.17, 15) is 0 Å². The molecule has 36 heavy (non-hydrogen) atoms. The van der Waals surface area contributed by atoms with Crippen LogP contribution in [0.5, 0.6) is 5.75 Å². The van der Waals surface area contributed by atoms with E-state index in [1.165, 1.54) is 0 Å². The Balaban J connectivity index is 1.12. The molecule has 0 saturated carbocycles. The zero-order valence-electron chi connectivity index (χ0n) is 19.3. The smallest absolute Gasteiger partial charge is 0.227 e. The van der Waals surface area contributed by atoms with Gasteiger partial charge in [0, 0.05) is 34.6 Å². The van der Waals surface area contributed by atoms with Crippen molar-refractivity contribution in [1.82, 2.24) is 9.97 Å². The Morgan fingerprint density at radius 2 is 1.31 bits per heavy atom. The minimum Gasteiger partial charge on any atom is -0.464 e. The third kappa shape index (κ3) is 3.67. The van der Waals surface area contributed by atoms with Crippen molar-refractivity contribution >= 4 is 16.8 Å². The average Bonchev–Trinajstić information content (AvgIpc) is 3.58. The van der Waals surface area contributed by atoms with Gasteiger partial charge in [0.15, 0.2) is 11.8 Å². The summed E-state index contributed by atoms with van der Waals surface area (Å²) in [5.41, 5.74) is 8.99. The summed E-state index contributed by atoms with van der Waals surface area (Å²) >= 11 is 0. The number of ether oxygens (including phenoxy) is 1. The molecule has 6 aromatic rings. The van der Waals surface area contributed by atoms with Gasteiger partial charge in [-0.05, 0) is 53.6 Å². The average molecular weight is 468 g/mol. The topological polar surface area (TPSA) is 60.2 Å². The number of benzene rings is 4. The second-order valence-corrected chi connectivity index (χ2v) is 8.79. The molecule has 0 amide bonds. The van der Waals surface area contributed by atoms with Crippen LogP contribution in [0, 0.1) is 0 Å². The molecule has 1 aliphatic rings. The molecule has 0 aliphatic carbocycles. The third-order valence-corrected chi connectivity index (χ3v) is 6.46. The number of fused-ring (bicyclic) bond motifs is 2. The molecule has 3 heterocycles. The third-order valence-electron chi connectivity index (χ3n) is 6.46. The molecular formula is C31H21N3O2. The summed E-state index contributed by atoms with van der Waals surface area (Å²) in [5, 5.41) is 3.42. The fraction of sp³-hybridized carbons (Fsp3) is 0.0323. The number of anilines is 1. The van der Waals surface area contributed by atoms with Crippen molar-refractivity contribution in [3.63, 3.8) is 0 Å². The van der Waals surface area contributed by atoms with Crippen LogP contribution in [-0.2, 0) is 0 Å². The molecule has 1 N–H and O–H groups in total. The van der Waals surface area contributed by atoms with Crippen molar-refractivity contribution in [3.05, 3.63) is 121 Å². The zero-order valence-corrected chi connectivity index (χ0v) is 19.3. The number of nitrogens with one attached hydrogen (secondary N) is 1. The van der Waals surface area contributed by atoms with E-state index in [4.69, 9.17) is 9.15 Å². The monoisotopic (exact) mass is 467 g/mol. The van der Waals surface area contributed by atoms with E-state index in [2.05, 4.69) is 57.7 Å². The van der Waals surface area contributed by atoms with Gasteiger partial charge in [-0.25, -0.2) is 4.98 Å². The highest BCUT2D eigenvalue weighted by Gasteiger charge is 2.22. The van der Waals surface area contributed by atoms with E-state index in [-0.39, 0.29) is 6.23 Å². The molecule has 2 aromatic heterocycles. The molecule has 5 heteroatoms. The molecule has 0 fully saturated rings. The van der Waals surface area contributed by atoms with Crippen molar-refractivity contribution in [1.29, 1.82) is 0 Å². The zero-order chi connectivity index (χ0) is 23.9. The van der Waals surface area contributed by atoms with Crippen LogP contribution in [0.15, 0.2) is 120 Å². The van der Waals surface area contributed by atoms with Gasteiger partial charge in [0.25, 0.3) is 0 Å². The van der Waals surface area contributed by atoms with Crippen molar-refractivity contribution < 1.29 is 9.15 Å². The predicted molar refractivity (Wildman–Crippen MR) is 142 cm³/mol. The van der Waals surface area contributed by atoms with E-state index < -0.39 is 0 Å². The number of rotatable bonds is 4.